The summed E-state index contributed by atoms with van der Waals surface area (Å²) in [5.74, 6) is 0. The van der Waals surface area contributed by atoms with Crippen molar-refractivity contribution in [3.8, 4) is 0 Å². The smallest absolute Gasteiger partial charge is 0.203 e. The van der Waals surface area contributed by atoms with Crippen LogP contribution in [0.3, 0.4) is 0 Å². The molecule has 0 radical (unpaired) electrons. The first-order valence-electron chi connectivity index (χ1n) is 10.2. The maximum atomic E-state index is 6.39. The van der Waals surface area contributed by atoms with Crippen LogP contribution in [0.1, 0.15) is 36.9 Å². The van der Waals surface area contributed by atoms with Gasteiger partial charge in [0.1, 0.15) is 0 Å². The lowest BCUT2D eigenvalue weighted by Gasteiger charge is -2.40. The minimum absolute atomic E-state index is 0.0822. The summed E-state index contributed by atoms with van der Waals surface area (Å²) in [5.41, 5.74) is 12.4. The Bertz CT molecular complexity index is 1080. The maximum Gasteiger partial charge on any atom is 0.203 e. The highest BCUT2D eigenvalue weighted by Crippen LogP contribution is 2.36. The number of hydrogen-bond acceptors (Lipinski definition) is 4. The van der Waals surface area contributed by atoms with E-state index in [2.05, 4.69) is 70.1 Å². The van der Waals surface area contributed by atoms with E-state index in [1.54, 1.807) is 0 Å². The fourth-order valence-corrected chi connectivity index (χ4v) is 4.38. The van der Waals surface area contributed by atoms with Gasteiger partial charge >= 0.3 is 0 Å². The molecule has 1 aromatic heterocycles. The van der Waals surface area contributed by atoms with Crippen molar-refractivity contribution in [1.29, 1.82) is 0 Å². The molecule has 3 heterocycles. The highest BCUT2D eigenvalue weighted by molar-refractivity contribution is 5.83. The van der Waals surface area contributed by atoms with Crippen molar-refractivity contribution in [2.45, 2.75) is 32.2 Å². The second-order valence-electron chi connectivity index (χ2n) is 7.80. The van der Waals surface area contributed by atoms with E-state index in [4.69, 9.17) is 15.5 Å². The van der Waals surface area contributed by atoms with Crippen molar-refractivity contribution >= 4 is 17.1 Å². The van der Waals surface area contributed by atoms with Gasteiger partial charge in [-0.15, -0.1) is 0 Å². The largest absolute Gasteiger partial charge is 0.376 e. The molecule has 0 fully saturated rings. The van der Waals surface area contributed by atoms with Gasteiger partial charge in [0.2, 0.25) is 6.29 Å². The van der Waals surface area contributed by atoms with Crippen molar-refractivity contribution in [3.05, 3.63) is 83.2 Å². The molecule has 0 spiro atoms. The van der Waals surface area contributed by atoms with E-state index < -0.39 is 0 Å². The van der Waals surface area contributed by atoms with Crippen LogP contribution in [0.15, 0.2) is 76.9 Å². The Hall–Kier alpha value is -2.89. The van der Waals surface area contributed by atoms with Crippen molar-refractivity contribution in [3.63, 3.8) is 0 Å². The molecular weight excluding hydrogens is 360 g/mol. The lowest BCUT2D eigenvalue weighted by atomic mass is 10.1. The van der Waals surface area contributed by atoms with Crippen molar-refractivity contribution in [1.82, 2.24) is 9.47 Å². The molecule has 2 aliphatic heterocycles. The highest BCUT2D eigenvalue weighted by atomic mass is 16.5. The summed E-state index contributed by atoms with van der Waals surface area (Å²) in [4.78, 5) is 7.42. The first-order chi connectivity index (χ1) is 14.2. The molecular formula is C24H26N4O. The van der Waals surface area contributed by atoms with Gasteiger partial charge in [-0.3, -0.25) is 0 Å². The van der Waals surface area contributed by atoms with E-state index in [9.17, 15) is 0 Å². The van der Waals surface area contributed by atoms with Crippen LogP contribution < -0.4 is 5.73 Å². The third-order valence-electron chi connectivity index (χ3n) is 5.77. The zero-order valence-corrected chi connectivity index (χ0v) is 16.7. The van der Waals surface area contributed by atoms with Crippen LogP contribution in [-0.4, -0.2) is 28.9 Å². The molecule has 2 aromatic carbocycles. The van der Waals surface area contributed by atoms with Gasteiger partial charge in [-0.25, -0.2) is 4.99 Å². The highest BCUT2D eigenvalue weighted by Gasteiger charge is 2.31. The van der Waals surface area contributed by atoms with Gasteiger partial charge in [-0.2, -0.15) is 0 Å². The SMILES string of the molecule is CC(N)c1cc2ccccc2n1C1N=CC2=C(CCOC2)N1Cc1ccccc1. The average molecular weight is 386 g/mol. The monoisotopic (exact) mass is 386 g/mol. The molecule has 2 aliphatic rings. The van der Waals surface area contributed by atoms with Crippen LogP contribution in [0.2, 0.25) is 0 Å². The van der Waals surface area contributed by atoms with Gasteiger partial charge < -0.3 is 19.9 Å². The molecule has 5 rings (SSSR count). The number of hydrogen-bond donors (Lipinski definition) is 1. The lowest BCUT2D eigenvalue weighted by Crippen LogP contribution is -2.38. The van der Waals surface area contributed by atoms with Gasteiger partial charge in [0, 0.05) is 47.6 Å². The van der Waals surface area contributed by atoms with Gasteiger partial charge in [-0.05, 0) is 24.6 Å². The van der Waals surface area contributed by atoms with Crippen LogP contribution >= 0.6 is 0 Å². The molecule has 0 saturated heterocycles. The fourth-order valence-electron chi connectivity index (χ4n) is 4.38. The molecule has 5 nitrogen and oxygen atoms in total. The number of aromatic nitrogens is 1. The van der Waals surface area contributed by atoms with Gasteiger partial charge in [-0.1, -0.05) is 48.5 Å². The number of fused-ring (bicyclic) bond motifs is 1. The summed E-state index contributed by atoms with van der Waals surface area (Å²) in [7, 11) is 0. The molecule has 0 saturated carbocycles. The summed E-state index contributed by atoms with van der Waals surface area (Å²) >= 11 is 0. The Morgan fingerprint density at radius 3 is 2.76 bits per heavy atom. The first-order valence-corrected chi connectivity index (χ1v) is 10.2. The fraction of sp³-hybridized carbons (Fsp3) is 0.292. The van der Waals surface area contributed by atoms with Crippen molar-refractivity contribution in [2.24, 2.45) is 10.7 Å². The predicted octanol–water partition coefficient (Wildman–Crippen LogP) is 4.38. The Kier molecular flexibility index (Phi) is 4.70. The average Bonchev–Trinajstić information content (AvgIpc) is 3.15. The summed E-state index contributed by atoms with van der Waals surface area (Å²) in [6.07, 6.45) is 2.74. The molecule has 2 N–H and O–H groups in total. The number of nitrogens with two attached hydrogens (primary N) is 1. The van der Waals surface area contributed by atoms with E-state index in [1.165, 1.54) is 22.2 Å². The summed E-state index contributed by atoms with van der Waals surface area (Å²) in [6, 6.07) is 21.2. The lowest BCUT2D eigenvalue weighted by molar-refractivity contribution is 0.107. The molecule has 0 amide bonds. The maximum absolute atomic E-state index is 6.39. The number of rotatable bonds is 4. The second kappa shape index (κ2) is 7.50. The Labute approximate surface area is 171 Å². The number of ether oxygens (including phenoxy) is 1. The molecule has 29 heavy (non-hydrogen) atoms. The molecule has 0 aliphatic carbocycles. The van der Waals surface area contributed by atoms with E-state index in [0.717, 1.165) is 30.8 Å². The minimum Gasteiger partial charge on any atom is -0.376 e. The molecule has 2 atom stereocenters. The molecule has 148 valence electrons. The Morgan fingerprint density at radius 2 is 1.93 bits per heavy atom. The van der Waals surface area contributed by atoms with Crippen LogP contribution in [-0.2, 0) is 11.3 Å². The van der Waals surface area contributed by atoms with Crippen molar-refractivity contribution < 1.29 is 4.74 Å². The first kappa shape index (κ1) is 18.2. The normalized spacial score (nSPS) is 20.2. The van der Waals surface area contributed by atoms with Crippen molar-refractivity contribution in [2.75, 3.05) is 13.2 Å². The topological polar surface area (TPSA) is 55.8 Å². The number of para-hydroxylation sites is 1. The third kappa shape index (κ3) is 3.26. The second-order valence-corrected chi connectivity index (χ2v) is 7.80. The number of aliphatic imine (C=N–C) groups is 1. The molecule has 2 unspecified atom stereocenters. The van der Waals surface area contributed by atoms with Gasteiger partial charge in [0.15, 0.2) is 0 Å². The zero-order valence-electron chi connectivity index (χ0n) is 16.7. The summed E-state index contributed by atoms with van der Waals surface area (Å²) in [5, 5.41) is 1.20. The molecule has 5 heteroatoms. The van der Waals surface area contributed by atoms with Gasteiger partial charge in [0.25, 0.3) is 0 Å². The van der Waals surface area contributed by atoms with E-state index in [-0.39, 0.29) is 12.3 Å². The zero-order chi connectivity index (χ0) is 19.8. The summed E-state index contributed by atoms with van der Waals surface area (Å²) < 4.78 is 8.00. The molecule has 0 bridgehead atoms. The Morgan fingerprint density at radius 1 is 1.14 bits per heavy atom. The molecule has 3 aromatic rings. The van der Waals surface area contributed by atoms with E-state index >= 15 is 0 Å². The quantitative estimate of drug-likeness (QED) is 0.724. The van der Waals surface area contributed by atoms with E-state index in [0.29, 0.717) is 6.61 Å². The van der Waals surface area contributed by atoms with Crippen LogP contribution in [0.25, 0.3) is 10.9 Å². The van der Waals surface area contributed by atoms with Crippen LogP contribution in [0.5, 0.6) is 0 Å². The van der Waals surface area contributed by atoms with Gasteiger partial charge in [0.05, 0.1) is 18.7 Å². The third-order valence-corrected chi connectivity index (χ3v) is 5.77. The van der Waals surface area contributed by atoms with E-state index in [1.807, 2.05) is 13.1 Å². The summed E-state index contributed by atoms with van der Waals surface area (Å²) in [6.45, 7) is 4.21. The number of nitrogens with zero attached hydrogens (tertiary/aromatic N) is 3. The Balaban J connectivity index is 1.65. The van der Waals surface area contributed by atoms with Crippen LogP contribution in [0.4, 0.5) is 0 Å². The number of benzene rings is 2. The van der Waals surface area contributed by atoms with Crippen LogP contribution in [0, 0.1) is 0 Å². The minimum atomic E-state index is -0.159. The predicted molar refractivity (Wildman–Crippen MR) is 117 cm³/mol. The standard InChI is InChI=1S/C24H26N4O/c1-17(25)23-13-19-9-5-6-10-22(19)28(23)24-26-14-20-16-29-12-11-21(20)27(24)15-18-7-3-2-4-8-18/h2-10,13-14,17,24H,11-12,15-16,25H2,1H3.